The molecule has 0 radical (unpaired) electrons. The van der Waals surface area contributed by atoms with E-state index >= 15 is 0 Å². The molecule has 0 bridgehead atoms. The average molecular weight is 511 g/mol. The molecule has 4 rings (SSSR count). The first kappa shape index (κ1) is 25.6. The highest BCUT2D eigenvalue weighted by atomic mass is 32.2. The molecule has 0 saturated carbocycles. The number of hydrogen-bond acceptors (Lipinski definition) is 7. The number of benzene rings is 1. The fourth-order valence-corrected chi connectivity index (χ4v) is 5.95. The maximum Gasteiger partial charge on any atom is 0.303 e. The van der Waals surface area contributed by atoms with Gasteiger partial charge in [0, 0.05) is 57.7 Å². The Balaban J connectivity index is 1.66. The molecule has 0 amide bonds. The van der Waals surface area contributed by atoms with Gasteiger partial charge in [0.15, 0.2) is 0 Å². The number of aromatic nitrogens is 2. The summed E-state index contributed by atoms with van der Waals surface area (Å²) < 4.78 is 33.9. The van der Waals surface area contributed by atoms with Gasteiger partial charge in [-0.25, -0.2) is 13.4 Å². The van der Waals surface area contributed by atoms with E-state index in [9.17, 15) is 18.3 Å². The summed E-state index contributed by atoms with van der Waals surface area (Å²) in [5.41, 5.74) is 3.20. The number of pyridine rings is 2. The number of nitrogens with zero attached hydrogens (tertiary/aromatic N) is 4. The standard InChI is InChI=1S/C26H30N4O5S/c1-3-29(13-14-35-2)25-10-8-22(17-28-25)36(33,34)30-18-21(7-11-26(31)32)23-15-19(6-9-24(23)30)20-5-4-12-27-16-20/h4-6,8-10,12,15-17,21H,3,7,11,13-14,18H2,1-2H3,(H,31,32). The van der Waals surface area contributed by atoms with E-state index in [1.165, 1.54) is 10.5 Å². The van der Waals surface area contributed by atoms with Crippen LogP contribution < -0.4 is 9.21 Å². The molecule has 0 spiro atoms. The number of methoxy groups -OCH3 is 1. The summed E-state index contributed by atoms with van der Waals surface area (Å²) >= 11 is 0. The lowest BCUT2D eigenvalue weighted by Crippen LogP contribution is -2.31. The van der Waals surface area contributed by atoms with E-state index in [4.69, 9.17) is 4.74 Å². The molecule has 1 unspecified atom stereocenters. The van der Waals surface area contributed by atoms with Crippen LogP contribution in [0.25, 0.3) is 11.1 Å². The van der Waals surface area contributed by atoms with E-state index in [-0.39, 0.29) is 23.8 Å². The molecule has 1 aliphatic rings. The minimum absolute atomic E-state index is 0.0420. The first-order chi connectivity index (χ1) is 17.3. The van der Waals surface area contributed by atoms with Gasteiger partial charge in [-0.15, -0.1) is 0 Å². The predicted octanol–water partition coefficient (Wildman–Crippen LogP) is 3.77. The van der Waals surface area contributed by atoms with Gasteiger partial charge in [-0.05, 0) is 60.4 Å². The van der Waals surface area contributed by atoms with Crippen molar-refractivity contribution in [1.29, 1.82) is 0 Å². The molecule has 36 heavy (non-hydrogen) atoms. The van der Waals surface area contributed by atoms with Crippen LogP contribution in [0.15, 0.2) is 66.0 Å². The molecule has 9 nitrogen and oxygen atoms in total. The van der Waals surface area contributed by atoms with Gasteiger partial charge in [0.25, 0.3) is 10.0 Å². The number of hydrogen-bond donors (Lipinski definition) is 1. The number of carbonyl (C=O) groups is 1. The Morgan fingerprint density at radius 2 is 2.03 bits per heavy atom. The number of carboxylic acids is 1. The number of carboxylic acid groups (broad SMARTS) is 1. The molecule has 1 N–H and O–H groups in total. The molecule has 10 heteroatoms. The second-order valence-corrected chi connectivity index (χ2v) is 10.5. The highest BCUT2D eigenvalue weighted by Crippen LogP contribution is 2.43. The zero-order valence-corrected chi connectivity index (χ0v) is 21.2. The van der Waals surface area contributed by atoms with Gasteiger partial charge in [-0.1, -0.05) is 12.1 Å². The summed E-state index contributed by atoms with van der Waals surface area (Å²) in [5, 5.41) is 9.24. The van der Waals surface area contributed by atoms with Crippen LogP contribution in [0.1, 0.15) is 31.2 Å². The van der Waals surface area contributed by atoms with E-state index in [1.54, 1.807) is 37.7 Å². The fourth-order valence-electron chi connectivity index (χ4n) is 4.47. The second kappa shape index (κ2) is 11.0. The van der Waals surface area contributed by atoms with Crippen LogP contribution in [0.3, 0.4) is 0 Å². The molecule has 3 heterocycles. The van der Waals surface area contributed by atoms with Crippen LogP contribution in [-0.4, -0.2) is 62.8 Å². The summed E-state index contributed by atoms with van der Waals surface area (Å²) in [6.07, 6.45) is 5.12. The van der Waals surface area contributed by atoms with Crippen LogP contribution in [0.2, 0.25) is 0 Å². The first-order valence-electron chi connectivity index (χ1n) is 11.8. The second-order valence-electron chi connectivity index (χ2n) is 8.61. The smallest absolute Gasteiger partial charge is 0.303 e. The van der Waals surface area contributed by atoms with Crippen LogP contribution in [0.5, 0.6) is 0 Å². The summed E-state index contributed by atoms with van der Waals surface area (Å²) in [7, 11) is -2.27. The summed E-state index contributed by atoms with van der Waals surface area (Å²) in [5.74, 6) is -0.467. The minimum atomic E-state index is -3.90. The predicted molar refractivity (Wildman–Crippen MR) is 138 cm³/mol. The third-order valence-corrected chi connectivity index (χ3v) is 8.17. The summed E-state index contributed by atoms with van der Waals surface area (Å²) in [4.78, 5) is 21.9. The Kier molecular flexibility index (Phi) is 7.85. The molecule has 190 valence electrons. The summed E-state index contributed by atoms with van der Waals surface area (Å²) in [6, 6.07) is 12.7. The van der Waals surface area contributed by atoms with Crippen molar-refractivity contribution < 1.29 is 23.1 Å². The van der Waals surface area contributed by atoms with Crippen molar-refractivity contribution >= 4 is 27.5 Å². The molecular weight excluding hydrogens is 480 g/mol. The molecule has 0 fully saturated rings. The van der Waals surface area contributed by atoms with Gasteiger partial charge in [-0.2, -0.15) is 0 Å². The van der Waals surface area contributed by atoms with Gasteiger partial charge in [0.1, 0.15) is 10.7 Å². The van der Waals surface area contributed by atoms with Gasteiger partial charge in [0.2, 0.25) is 0 Å². The van der Waals surface area contributed by atoms with Crippen molar-refractivity contribution in [2.45, 2.75) is 30.6 Å². The van der Waals surface area contributed by atoms with Crippen molar-refractivity contribution in [1.82, 2.24) is 9.97 Å². The van der Waals surface area contributed by atoms with E-state index in [0.717, 1.165) is 16.7 Å². The molecule has 3 aromatic rings. The topological polar surface area (TPSA) is 113 Å². The van der Waals surface area contributed by atoms with Crippen molar-refractivity contribution in [3.05, 3.63) is 66.6 Å². The minimum Gasteiger partial charge on any atom is -0.481 e. The van der Waals surface area contributed by atoms with Gasteiger partial charge >= 0.3 is 5.97 Å². The lowest BCUT2D eigenvalue weighted by molar-refractivity contribution is -0.137. The third-order valence-electron chi connectivity index (χ3n) is 6.40. The lowest BCUT2D eigenvalue weighted by Gasteiger charge is -2.23. The zero-order valence-electron chi connectivity index (χ0n) is 20.4. The van der Waals surface area contributed by atoms with Crippen LogP contribution in [0, 0.1) is 0 Å². The monoisotopic (exact) mass is 510 g/mol. The molecule has 0 aliphatic carbocycles. The molecular formula is C26H30N4O5S. The number of anilines is 2. The number of ether oxygens (including phenoxy) is 1. The largest absolute Gasteiger partial charge is 0.481 e. The van der Waals surface area contributed by atoms with E-state index in [2.05, 4.69) is 9.97 Å². The lowest BCUT2D eigenvalue weighted by atomic mass is 9.93. The molecule has 2 aromatic heterocycles. The highest BCUT2D eigenvalue weighted by Gasteiger charge is 2.37. The molecule has 0 saturated heterocycles. The van der Waals surface area contributed by atoms with Gasteiger partial charge < -0.3 is 14.7 Å². The number of rotatable bonds is 11. The normalized spacial score (nSPS) is 15.1. The van der Waals surface area contributed by atoms with Crippen LogP contribution in [-0.2, 0) is 19.6 Å². The average Bonchev–Trinajstić information content (AvgIpc) is 3.27. The van der Waals surface area contributed by atoms with Crippen LogP contribution in [0.4, 0.5) is 11.5 Å². The molecule has 1 aromatic carbocycles. The zero-order chi connectivity index (χ0) is 25.7. The fraction of sp³-hybridized carbons (Fsp3) is 0.346. The van der Waals surface area contributed by atoms with Crippen LogP contribution >= 0.6 is 0 Å². The van der Waals surface area contributed by atoms with Crippen molar-refractivity contribution in [2.24, 2.45) is 0 Å². The Morgan fingerprint density at radius 3 is 2.67 bits per heavy atom. The van der Waals surface area contributed by atoms with Crippen molar-refractivity contribution in [3.63, 3.8) is 0 Å². The maximum absolute atomic E-state index is 13.7. The number of sulfonamides is 1. The van der Waals surface area contributed by atoms with Crippen molar-refractivity contribution in [3.8, 4) is 11.1 Å². The highest BCUT2D eigenvalue weighted by molar-refractivity contribution is 7.92. The van der Waals surface area contributed by atoms with E-state index < -0.39 is 16.0 Å². The van der Waals surface area contributed by atoms with E-state index in [1.807, 2.05) is 36.1 Å². The van der Waals surface area contributed by atoms with E-state index in [0.29, 0.717) is 37.6 Å². The maximum atomic E-state index is 13.7. The van der Waals surface area contributed by atoms with Crippen molar-refractivity contribution in [2.75, 3.05) is 42.6 Å². The molecule has 1 atom stereocenters. The SMILES string of the molecule is CCN(CCOC)c1ccc(S(=O)(=O)N2CC(CCC(=O)O)c3cc(-c4cccnc4)ccc32)cn1. The third kappa shape index (κ3) is 5.34. The Labute approximate surface area is 211 Å². The first-order valence-corrected chi connectivity index (χ1v) is 13.3. The number of fused-ring (bicyclic) bond motifs is 1. The number of likely N-dealkylation sites (N-methyl/N-ethyl adjacent to an activating group) is 1. The quantitative estimate of drug-likeness (QED) is 0.415. The summed E-state index contributed by atoms with van der Waals surface area (Å²) in [6.45, 7) is 4.08. The number of aliphatic carboxylic acids is 1. The Hall–Kier alpha value is -3.50. The molecule has 1 aliphatic heterocycles. The van der Waals surface area contributed by atoms with Gasteiger partial charge in [-0.3, -0.25) is 14.1 Å². The Bertz CT molecular complexity index is 1300. The van der Waals surface area contributed by atoms with Gasteiger partial charge in [0.05, 0.1) is 12.3 Å². The Morgan fingerprint density at radius 1 is 1.19 bits per heavy atom.